The first kappa shape index (κ1) is 23.2. The molecule has 37 heavy (non-hydrogen) atoms. The van der Waals surface area contributed by atoms with Crippen molar-refractivity contribution in [2.45, 2.75) is 52.0 Å². The highest BCUT2D eigenvalue weighted by atomic mass is 16.5. The van der Waals surface area contributed by atoms with E-state index in [0.29, 0.717) is 24.1 Å². The highest BCUT2D eigenvalue weighted by Crippen LogP contribution is 2.43. The number of hydrogen-bond donors (Lipinski definition) is 2. The van der Waals surface area contributed by atoms with Crippen LogP contribution >= 0.6 is 0 Å². The number of nitrogens with zero attached hydrogens (tertiary/aromatic N) is 3. The number of aromatic nitrogens is 3. The third-order valence-electron chi connectivity index (χ3n) is 7.33. The number of benzene rings is 2. The molecule has 0 radical (unpaired) electrons. The van der Waals surface area contributed by atoms with Crippen molar-refractivity contribution in [3.05, 3.63) is 76.4 Å². The van der Waals surface area contributed by atoms with Gasteiger partial charge in [0.2, 0.25) is 11.7 Å². The Labute approximate surface area is 214 Å². The Morgan fingerprint density at radius 1 is 1.16 bits per heavy atom. The Kier molecular flexibility index (Phi) is 5.67. The number of rotatable bonds is 6. The molecule has 0 saturated heterocycles. The van der Waals surface area contributed by atoms with Crippen LogP contribution in [0.3, 0.4) is 0 Å². The fourth-order valence-corrected chi connectivity index (χ4v) is 5.77. The standard InChI is InChI=1S/C29H28N4O4/c1-15-9-18(29-31-17(3)37-33-29)10-16(2)27(15)23-6-4-5-22-21(23)7-8-24(22)32-20-12-25-28(30-13-20)19(14-36-25)11-26(34)35/h4-6,9-10,12-13,19,24,32H,7-8,11,14H2,1-3H3,(H,34,35)/t19?,24-/m1/s1. The molecular weight excluding hydrogens is 468 g/mol. The Hall–Kier alpha value is -4.20. The quantitative estimate of drug-likeness (QED) is 0.346. The van der Waals surface area contributed by atoms with Crippen molar-refractivity contribution in [2.75, 3.05) is 11.9 Å². The van der Waals surface area contributed by atoms with Crippen LogP contribution in [0.15, 0.2) is 47.1 Å². The predicted molar refractivity (Wildman–Crippen MR) is 139 cm³/mol. The van der Waals surface area contributed by atoms with Crippen molar-refractivity contribution >= 4 is 11.7 Å². The van der Waals surface area contributed by atoms with Crippen LogP contribution in [0.25, 0.3) is 22.5 Å². The first-order valence-corrected chi connectivity index (χ1v) is 12.5. The van der Waals surface area contributed by atoms with E-state index < -0.39 is 5.97 Å². The largest absolute Gasteiger partial charge is 0.491 e. The van der Waals surface area contributed by atoms with Crippen LogP contribution < -0.4 is 10.1 Å². The van der Waals surface area contributed by atoms with Crippen molar-refractivity contribution in [1.82, 2.24) is 15.1 Å². The number of ether oxygens (including phenoxy) is 1. The first-order chi connectivity index (χ1) is 17.9. The zero-order valence-corrected chi connectivity index (χ0v) is 21.0. The third kappa shape index (κ3) is 4.22. The number of anilines is 1. The van der Waals surface area contributed by atoms with E-state index in [1.54, 1.807) is 13.1 Å². The minimum Gasteiger partial charge on any atom is -0.491 e. The highest BCUT2D eigenvalue weighted by molar-refractivity contribution is 5.78. The van der Waals surface area contributed by atoms with Crippen LogP contribution in [0.1, 0.15) is 58.6 Å². The van der Waals surface area contributed by atoms with Gasteiger partial charge in [-0.1, -0.05) is 23.4 Å². The van der Waals surface area contributed by atoms with Gasteiger partial charge in [0.05, 0.1) is 36.6 Å². The number of pyridine rings is 1. The summed E-state index contributed by atoms with van der Waals surface area (Å²) in [6.45, 7) is 6.43. The maximum Gasteiger partial charge on any atom is 0.304 e. The van der Waals surface area contributed by atoms with Gasteiger partial charge in [-0.05, 0) is 72.2 Å². The Balaban J connectivity index is 1.28. The molecule has 4 aromatic rings. The molecule has 188 valence electrons. The van der Waals surface area contributed by atoms with Crippen LogP contribution in [0.2, 0.25) is 0 Å². The van der Waals surface area contributed by atoms with E-state index in [1.807, 2.05) is 6.07 Å². The van der Waals surface area contributed by atoms with E-state index in [-0.39, 0.29) is 18.4 Å². The lowest BCUT2D eigenvalue weighted by Crippen LogP contribution is -2.09. The lowest BCUT2D eigenvalue weighted by atomic mass is 9.89. The highest BCUT2D eigenvalue weighted by Gasteiger charge is 2.30. The summed E-state index contributed by atoms with van der Waals surface area (Å²) in [5, 5.41) is 16.9. The van der Waals surface area contributed by atoms with Gasteiger partial charge in [-0.2, -0.15) is 4.98 Å². The van der Waals surface area contributed by atoms with E-state index in [0.717, 1.165) is 29.8 Å². The Morgan fingerprint density at radius 3 is 2.70 bits per heavy atom. The maximum atomic E-state index is 11.1. The maximum absolute atomic E-state index is 11.1. The monoisotopic (exact) mass is 496 g/mol. The molecule has 1 aliphatic carbocycles. The molecule has 6 rings (SSSR count). The second-order valence-corrected chi connectivity index (χ2v) is 9.94. The van der Waals surface area contributed by atoms with Gasteiger partial charge >= 0.3 is 5.97 Å². The molecule has 3 heterocycles. The number of aliphatic carboxylic acids is 1. The SMILES string of the molecule is Cc1nc(-c2cc(C)c(-c3cccc4c3CC[C@H]4Nc3cnc4c(c3)OCC4CC(=O)O)c(C)c2)no1. The zero-order chi connectivity index (χ0) is 25.7. The van der Waals surface area contributed by atoms with Crippen molar-refractivity contribution in [3.8, 4) is 28.3 Å². The van der Waals surface area contributed by atoms with Gasteiger partial charge in [0, 0.05) is 24.5 Å². The average Bonchev–Trinajstić information content (AvgIpc) is 3.58. The molecule has 0 bridgehead atoms. The van der Waals surface area contributed by atoms with Crippen molar-refractivity contribution in [3.63, 3.8) is 0 Å². The van der Waals surface area contributed by atoms with E-state index in [9.17, 15) is 4.79 Å². The van der Waals surface area contributed by atoms with Crippen LogP contribution in [-0.2, 0) is 11.2 Å². The molecule has 2 N–H and O–H groups in total. The number of carboxylic acid groups (broad SMARTS) is 1. The normalized spacial score (nSPS) is 17.8. The van der Waals surface area contributed by atoms with E-state index in [4.69, 9.17) is 14.4 Å². The Morgan fingerprint density at radius 2 is 1.97 bits per heavy atom. The zero-order valence-electron chi connectivity index (χ0n) is 21.0. The van der Waals surface area contributed by atoms with Gasteiger partial charge in [0.15, 0.2) is 0 Å². The number of carboxylic acids is 1. The summed E-state index contributed by atoms with van der Waals surface area (Å²) >= 11 is 0. The minimum atomic E-state index is -0.839. The van der Waals surface area contributed by atoms with Gasteiger partial charge in [0.25, 0.3) is 0 Å². The van der Waals surface area contributed by atoms with Gasteiger partial charge in [-0.25, -0.2) is 0 Å². The fraction of sp³-hybridized carbons (Fsp3) is 0.310. The number of fused-ring (bicyclic) bond motifs is 2. The topological polar surface area (TPSA) is 110 Å². The molecular formula is C29H28N4O4. The second-order valence-electron chi connectivity index (χ2n) is 9.94. The van der Waals surface area contributed by atoms with E-state index >= 15 is 0 Å². The number of aryl methyl sites for hydroxylation is 3. The molecule has 8 heteroatoms. The molecule has 0 amide bonds. The summed E-state index contributed by atoms with van der Waals surface area (Å²) in [5.74, 6) is 0.802. The molecule has 0 fully saturated rings. The fourth-order valence-electron chi connectivity index (χ4n) is 5.77. The summed E-state index contributed by atoms with van der Waals surface area (Å²) < 4.78 is 10.9. The van der Waals surface area contributed by atoms with Crippen LogP contribution in [0.5, 0.6) is 5.75 Å². The summed E-state index contributed by atoms with van der Waals surface area (Å²) in [4.78, 5) is 20.1. The summed E-state index contributed by atoms with van der Waals surface area (Å²) in [7, 11) is 0. The second kappa shape index (κ2) is 9.03. The molecule has 1 unspecified atom stereocenters. The van der Waals surface area contributed by atoms with E-state index in [1.165, 1.54) is 33.4 Å². The lowest BCUT2D eigenvalue weighted by Gasteiger charge is -2.18. The molecule has 8 nitrogen and oxygen atoms in total. The predicted octanol–water partition coefficient (Wildman–Crippen LogP) is 5.77. The summed E-state index contributed by atoms with van der Waals surface area (Å²) in [6, 6.07) is 12.9. The molecule has 2 atom stereocenters. The molecule has 1 aliphatic heterocycles. The van der Waals surface area contributed by atoms with Crippen molar-refractivity contribution in [1.29, 1.82) is 0 Å². The first-order valence-electron chi connectivity index (χ1n) is 12.5. The number of nitrogens with one attached hydrogen (secondary N) is 1. The van der Waals surface area contributed by atoms with Gasteiger partial charge in [-0.3, -0.25) is 9.78 Å². The lowest BCUT2D eigenvalue weighted by molar-refractivity contribution is -0.137. The molecule has 2 aromatic carbocycles. The van der Waals surface area contributed by atoms with Gasteiger partial charge in [0.1, 0.15) is 5.75 Å². The third-order valence-corrected chi connectivity index (χ3v) is 7.33. The van der Waals surface area contributed by atoms with Crippen molar-refractivity contribution in [2.24, 2.45) is 0 Å². The molecule has 0 spiro atoms. The average molecular weight is 497 g/mol. The summed E-state index contributed by atoms with van der Waals surface area (Å²) in [6.07, 6.45) is 3.77. The molecule has 2 aromatic heterocycles. The van der Waals surface area contributed by atoms with Crippen LogP contribution in [0.4, 0.5) is 5.69 Å². The van der Waals surface area contributed by atoms with Gasteiger partial charge < -0.3 is 19.7 Å². The smallest absolute Gasteiger partial charge is 0.304 e. The van der Waals surface area contributed by atoms with Crippen molar-refractivity contribution < 1.29 is 19.2 Å². The van der Waals surface area contributed by atoms with Crippen LogP contribution in [0, 0.1) is 20.8 Å². The number of hydrogen-bond acceptors (Lipinski definition) is 7. The summed E-state index contributed by atoms with van der Waals surface area (Å²) in [5.41, 5.74) is 10.1. The molecule has 0 saturated carbocycles. The Bertz CT molecular complexity index is 1500. The van der Waals surface area contributed by atoms with E-state index in [2.05, 4.69) is 64.6 Å². The minimum absolute atomic E-state index is 0.0279. The van der Waals surface area contributed by atoms with Crippen LogP contribution in [-0.4, -0.2) is 32.8 Å². The molecule has 2 aliphatic rings. The number of carbonyl (C=O) groups is 1. The van der Waals surface area contributed by atoms with Gasteiger partial charge in [-0.15, -0.1) is 0 Å².